The summed E-state index contributed by atoms with van der Waals surface area (Å²) >= 11 is 0. The van der Waals surface area contributed by atoms with Crippen LogP contribution in [-0.2, 0) is 13.6 Å². The topological polar surface area (TPSA) is 61.5 Å². The number of hydrogen-bond donors (Lipinski definition) is 1. The summed E-state index contributed by atoms with van der Waals surface area (Å²) in [4.78, 5) is 0. The Kier molecular flexibility index (Phi) is 4.47. The van der Waals surface area contributed by atoms with Gasteiger partial charge in [-0.25, -0.2) is 4.39 Å². The zero-order valence-corrected chi connectivity index (χ0v) is 10.2. The maximum absolute atomic E-state index is 13.5. The minimum absolute atomic E-state index is 0.115. The summed E-state index contributed by atoms with van der Waals surface area (Å²) in [6.45, 7) is 3.67. The summed E-state index contributed by atoms with van der Waals surface area (Å²) in [7, 11) is -3.59. The molecule has 0 heterocycles. The molecule has 0 spiro atoms. The number of rotatable bonds is 5. The van der Waals surface area contributed by atoms with Crippen molar-refractivity contribution in [2.75, 3.05) is 18.9 Å². The zero-order valence-electron chi connectivity index (χ0n) is 9.27. The fourth-order valence-corrected chi connectivity index (χ4v) is 2.93. The standard InChI is InChI=1S/C10H15FNO3P/c1-3-14-16(13,15-4-2)10-7-8(12)5-6-9(10)11/h5-7H,3-4,12H2,1-2H3. The van der Waals surface area contributed by atoms with E-state index in [-0.39, 0.29) is 18.5 Å². The van der Waals surface area contributed by atoms with E-state index < -0.39 is 13.4 Å². The van der Waals surface area contributed by atoms with Crippen LogP contribution < -0.4 is 11.0 Å². The van der Waals surface area contributed by atoms with E-state index in [4.69, 9.17) is 14.8 Å². The smallest absolute Gasteiger partial charge is 0.364 e. The largest absolute Gasteiger partial charge is 0.399 e. The minimum Gasteiger partial charge on any atom is -0.399 e. The first-order valence-electron chi connectivity index (χ1n) is 4.98. The minimum atomic E-state index is -3.59. The van der Waals surface area contributed by atoms with Gasteiger partial charge in [0.1, 0.15) is 11.1 Å². The zero-order chi connectivity index (χ0) is 12.2. The second-order valence-corrected chi connectivity index (χ2v) is 5.04. The van der Waals surface area contributed by atoms with E-state index in [2.05, 4.69) is 0 Å². The van der Waals surface area contributed by atoms with Crippen molar-refractivity contribution in [3.63, 3.8) is 0 Å². The predicted octanol–water partition coefficient (Wildman–Crippen LogP) is 2.30. The SMILES string of the molecule is CCOP(=O)(OCC)c1cc(N)ccc1F. The fraction of sp³-hybridized carbons (Fsp3) is 0.400. The van der Waals surface area contributed by atoms with Gasteiger partial charge in [-0.15, -0.1) is 0 Å². The summed E-state index contributed by atoms with van der Waals surface area (Å²) in [5.41, 5.74) is 5.83. The summed E-state index contributed by atoms with van der Waals surface area (Å²) in [6.07, 6.45) is 0. The summed E-state index contributed by atoms with van der Waals surface area (Å²) < 4.78 is 35.8. The molecular weight excluding hydrogens is 232 g/mol. The van der Waals surface area contributed by atoms with Crippen molar-refractivity contribution >= 4 is 18.6 Å². The third kappa shape index (κ3) is 2.82. The molecule has 0 atom stereocenters. The van der Waals surface area contributed by atoms with Gasteiger partial charge in [0.05, 0.1) is 13.2 Å². The monoisotopic (exact) mass is 247 g/mol. The highest BCUT2D eigenvalue weighted by atomic mass is 31.2. The van der Waals surface area contributed by atoms with Crippen LogP contribution in [-0.4, -0.2) is 13.2 Å². The van der Waals surface area contributed by atoms with Crippen LogP contribution >= 0.6 is 7.60 Å². The highest BCUT2D eigenvalue weighted by molar-refractivity contribution is 7.62. The van der Waals surface area contributed by atoms with E-state index in [1.165, 1.54) is 12.1 Å². The summed E-state index contributed by atoms with van der Waals surface area (Å²) in [5.74, 6) is -0.639. The van der Waals surface area contributed by atoms with Gasteiger partial charge in [-0.3, -0.25) is 4.57 Å². The van der Waals surface area contributed by atoms with Gasteiger partial charge in [-0.1, -0.05) is 0 Å². The molecule has 90 valence electrons. The van der Waals surface area contributed by atoms with Crippen LogP contribution in [0.4, 0.5) is 10.1 Å². The first-order chi connectivity index (χ1) is 7.53. The number of anilines is 1. The Labute approximate surface area is 94.1 Å². The van der Waals surface area contributed by atoms with Crippen LogP contribution in [0.25, 0.3) is 0 Å². The van der Waals surface area contributed by atoms with Gasteiger partial charge in [0, 0.05) is 5.69 Å². The van der Waals surface area contributed by atoms with Crippen molar-refractivity contribution in [3.8, 4) is 0 Å². The highest BCUT2D eigenvalue weighted by Gasteiger charge is 2.30. The molecule has 0 fully saturated rings. The van der Waals surface area contributed by atoms with E-state index in [1.807, 2.05) is 0 Å². The lowest BCUT2D eigenvalue weighted by Crippen LogP contribution is -2.15. The first-order valence-corrected chi connectivity index (χ1v) is 6.52. The van der Waals surface area contributed by atoms with Gasteiger partial charge in [0.25, 0.3) is 0 Å². The summed E-state index contributed by atoms with van der Waals surface area (Å²) in [5, 5.41) is -0.115. The molecule has 1 aromatic rings. The molecule has 2 N–H and O–H groups in total. The number of halogens is 1. The second-order valence-electron chi connectivity index (χ2n) is 3.04. The molecule has 1 aromatic carbocycles. The van der Waals surface area contributed by atoms with Crippen molar-refractivity contribution < 1.29 is 18.0 Å². The van der Waals surface area contributed by atoms with Crippen LogP contribution in [0, 0.1) is 5.82 Å². The molecule has 6 heteroatoms. The van der Waals surface area contributed by atoms with Gasteiger partial charge in [-0.05, 0) is 32.0 Å². The number of hydrogen-bond acceptors (Lipinski definition) is 4. The molecule has 0 aromatic heterocycles. The average molecular weight is 247 g/mol. The van der Waals surface area contributed by atoms with E-state index in [0.29, 0.717) is 5.69 Å². The Balaban J connectivity index is 3.20. The molecule has 0 unspecified atom stereocenters. The maximum atomic E-state index is 13.5. The van der Waals surface area contributed by atoms with E-state index in [9.17, 15) is 8.96 Å². The normalized spacial score (nSPS) is 11.7. The highest BCUT2D eigenvalue weighted by Crippen LogP contribution is 2.47. The van der Waals surface area contributed by atoms with Crippen LogP contribution in [0.15, 0.2) is 18.2 Å². The lowest BCUT2D eigenvalue weighted by Gasteiger charge is -2.17. The Bertz CT molecular complexity index is 401. The molecule has 0 aliphatic heterocycles. The summed E-state index contributed by atoms with van der Waals surface area (Å²) in [6, 6.07) is 3.82. The van der Waals surface area contributed by atoms with E-state index in [1.54, 1.807) is 13.8 Å². The van der Waals surface area contributed by atoms with Crippen molar-refractivity contribution in [2.24, 2.45) is 0 Å². The molecule has 0 aliphatic carbocycles. The predicted molar refractivity (Wildman–Crippen MR) is 61.3 cm³/mol. The third-order valence-electron chi connectivity index (χ3n) is 1.86. The van der Waals surface area contributed by atoms with Gasteiger partial charge >= 0.3 is 7.60 Å². The number of nitrogen functional groups attached to an aromatic ring is 1. The van der Waals surface area contributed by atoms with Crippen LogP contribution in [0.1, 0.15) is 13.8 Å². The maximum Gasteiger partial charge on any atom is 0.364 e. The molecule has 0 radical (unpaired) electrons. The van der Waals surface area contributed by atoms with Gasteiger partial charge < -0.3 is 14.8 Å². The first kappa shape index (κ1) is 13.2. The molecule has 0 amide bonds. The fourth-order valence-electron chi connectivity index (χ4n) is 1.26. The molecule has 16 heavy (non-hydrogen) atoms. The van der Waals surface area contributed by atoms with Crippen LogP contribution in [0.5, 0.6) is 0 Å². The molecule has 0 aliphatic rings. The van der Waals surface area contributed by atoms with E-state index in [0.717, 1.165) is 6.07 Å². The van der Waals surface area contributed by atoms with Gasteiger partial charge in [0.15, 0.2) is 0 Å². The quantitative estimate of drug-likeness (QED) is 0.640. The van der Waals surface area contributed by atoms with Crippen LogP contribution in [0.2, 0.25) is 0 Å². The number of benzene rings is 1. The Morgan fingerprint density at radius 2 is 1.88 bits per heavy atom. The van der Waals surface area contributed by atoms with Crippen LogP contribution in [0.3, 0.4) is 0 Å². The Morgan fingerprint density at radius 1 is 1.31 bits per heavy atom. The van der Waals surface area contributed by atoms with Crippen molar-refractivity contribution in [1.82, 2.24) is 0 Å². The molecule has 1 rings (SSSR count). The number of nitrogens with two attached hydrogens (primary N) is 1. The average Bonchev–Trinajstić information content (AvgIpc) is 2.22. The van der Waals surface area contributed by atoms with Crippen molar-refractivity contribution in [1.29, 1.82) is 0 Å². The molecule has 0 bridgehead atoms. The molecule has 4 nitrogen and oxygen atoms in total. The lowest BCUT2D eigenvalue weighted by molar-refractivity contribution is 0.229. The third-order valence-corrected chi connectivity index (χ3v) is 3.99. The Hall–Kier alpha value is -0.900. The van der Waals surface area contributed by atoms with Crippen molar-refractivity contribution in [2.45, 2.75) is 13.8 Å². The Morgan fingerprint density at radius 3 is 2.38 bits per heavy atom. The lowest BCUT2D eigenvalue weighted by atomic mass is 10.3. The van der Waals surface area contributed by atoms with Gasteiger partial charge in [-0.2, -0.15) is 0 Å². The van der Waals surface area contributed by atoms with Crippen molar-refractivity contribution in [3.05, 3.63) is 24.0 Å². The molecule has 0 saturated heterocycles. The molecule has 0 saturated carbocycles. The second kappa shape index (κ2) is 5.43. The van der Waals surface area contributed by atoms with E-state index >= 15 is 0 Å². The molecular formula is C10H15FNO3P. The van der Waals surface area contributed by atoms with Gasteiger partial charge in [0.2, 0.25) is 0 Å².